The maximum atomic E-state index is 13.7. The van der Waals surface area contributed by atoms with Crippen molar-refractivity contribution in [1.29, 1.82) is 0 Å². The maximum Gasteiger partial charge on any atom is 0.407 e. The Morgan fingerprint density at radius 1 is 1.10 bits per heavy atom. The van der Waals surface area contributed by atoms with Gasteiger partial charge < -0.3 is 19.5 Å². The number of nitrogens with zero attached hydrogens (tertiary/aromatic N) is 3. The number of carboxylic acid groups (broad SMARTS) is 1. The summed E-state index contributed by atoms with van der Waals surface area (Å²) in [6, 6.07) is 12.3. The third-order valence-corrected chi connectivity index (χ3v) is 10.1. The smallest absolute Gasteiger partial charge is 0.407 e. The van der Waals surface area contributed by atoms with E-state index in [1.165, 1.54) is 41.0 Å². The van der Waals surface area contributed by atoms with Crippen LogP contribution in [0.2, 0.25) is 25.7 Å². The van der Waals surface area contributed by atoms with Gasteiger partial charge in [-0.05, 0) is 79.0 Å². The van der Waals surface area contributed by atoms with Crippen LogP contribution in [0.4, 0.5) is 9.18 Å². The van der Waals surface area contributed by atoms with Crippen LogP contribution in [-0.4, -0.2) is 66.9 Å². The van der Waals surface area contributed by atoms with E-state index in [4.69, 9.17) is 14.6 Å². The summed E-state index contributed by atoms with van der Waals surface area (Å²) in [5, 5.41) is 15.5. The van der Waals surface area contributed by atoms with Crippen LogP contribution in [0, 0.1) is 5.82 Å². The Bertz CT molecular complexity index is 1310. The molecule has 40 heavy (non-hydrogen) atoms. The number of likely N-dealkylation sites (tertiary alicyclic amines) is 1. The molecular formula is C31H42FN3O4Si. The van der Waals surface area contributed by atoms with Crippen LogP contribution in [-0.2, 0) is 28.0 Å². The molecule has 1 saturated carbocycles. The Morgan fingerprint density at radius 3 is 2.48 bits per heavy atom. The Kier molecular flexibility index (Phi) is 8.63. The normalized spacial score (nSPS) is 17.4. The van der Waals surface area contributed by atoms with Crippen molar-refractivity contribution in [1.82, 2.24) is 14.7 Å². The van der Waals surface area contributed by atoms with Gasteiger partial charge in [0.2, 0.25) is 0 Å². The second-order valence-electron chi connectivity index (χ2n) is 12.8. The molecule has 1 aliphatic carbocycles. The van der Waals surface area contributed by atoms with Crippen molar-refractivity contribution in [2.45, 2.75) is 75.9 Å². The summed E-state index contributed by atoms with van der Waals surface area (Å²) < 4.78 is 27.9. The second kappa shape index (κ2) is 12.0. The molecule has 2 aliphatic rings. The van der Waals surface area contributed by atoms with Gasteiger partial charge in [-0.15, -0.1) is 0 Å². The molecule has 0 spiro atoms. The van der Waals surface area contributed by atoms with Crippen molar-refractivity contribution in [3.8, 4) is 0 Å². The van der Waals surface area contributed by atoms with E-state index in [0.29, 0.717) is 51.8 Å². The lowest BCUT2D eigenvalue weighted by molar-refractivity contribution is 0.0460. The molecule has 1 N–H and O–H groups in total. The number of fused-ring (bicyclic) bond motifs is 1. The molecule has 5 rings (SSSR count). The Balaban J connectivity index is 1.26. The van der Waals surface area contributed by atoms with Gasteiger partial charge in [-0.1, -0.05) is 37.8 Å². The summed E-state index contributed by atoms with van der Waals surface area (Å²) in [4.78, 5) is 12.9. The molecule has 7 nitrogen and oxygen atoms in total. The Labute approximate surface area is 237 Å². The van der Waals surface area contributed by atoms with Gasteiger partial charge in [-0.25, -0.2) is 13.9 Å². The molecule has 0 atom stereocenters. The predicted molar refractivity (Wildman–Crippen MR) is 157 cm³/mol. The molecule has 1 saturated heterocycles. The van der Waals surface area contributed by atoms with Crippen LogP contribution in [0.3, 0.4) is 0 Å². The van der Waals surface area contributed by atoms with Crippen molar-refractivity contribution in [3.05, 3.63) is 65.1 Å². The average Bonchev–Trinajstić information content (AvgIpc) is 3.68. The fraction of sp³-hybridized carbons (Fsp3) is 0.548. The average molecular weight is 568 g/mol. The summed E-state index contributed by atoms with van der Waals surface area (Å²) in [5.74, 6) is 0.366. The summed E-state index contributed by atoms with van der Waals surface area (Å²) in [5.41, 5.74) is 4.25. The third kappa shape index (κ3) is 7.11. The van der Waals surface area contributed by atoms with Gasteiger partial charge >= 0.3 is 6.09 Å². The van der Waals surface area contributed by atoms with Crippen molar-refractivity contribution in [2.24, 2.45) is 0 Å². The molecule has 0 radical (unpaired) electrons. The molecule has 2 heterocycles. The Morgan fingerprint density at radius 2 is 1.82 bits per heavy atom. The lowest BCUT2D eigenvalue weighted by Gasteiger charge is -2.41. The highest BCUT2D eigenvalue weighted by molar-refractivity contribution is 6.76. The van der Waals surface area contributed by atoms with Crippen LogP contribution in [0.5, 0.6) is 0 Å². The molecular weight excluding hydrogens is 525 g/mol. The van der Waals surface area contributed by atoms with Crippen LogP contribution in [0.1, 0.15) is 48.3 Å². The van der Waals surface area contributed by atoms with Crippen LogP contribution in [0.25, 0.3) is 10.9 Å². The molecule has 9 heteroatoms. The molecule has 1 aliphatic heterocycles. The number of piperidine rings is 1. The first kappa shape index (κ1) is 28.8. The number of rotatable bonds is 12. The first-order valence-electron chi connectivity index (χ1n) is 14.5. The zero-order valence-corrected chi connectivity index (χ0v) is 25.0. The second-order valence-corrected chi connectivity index (χ2v) is 18.4. The zero-order valence-electron chi connectivity index (χ0n) is 24.0. The number of benzene rings is 2. The number of ether oxygens (including phenoxy) is 2. The lowest BCUT2D eigenvalue weighted by Crippen LogP contribution is -2.47. The molecule has 0 unspecified atom stereocenters. The number of hydrogen-bond donors (Lipinski definition) is 1. The van der Waals surface area contributed by atoms with Crippen LogP contribution >= 0.6 is 0 Å². The van der Waals surface area contributed by atoms with Gasteiger partial charge in [0.15, 0.2) is 0 Å². The van der Waals surface area contributed by atoms with Gasteiger partial charge in [0.25, 0.3) is 0 Å². The minimum absolute atomic E-state index is 0.275. The highest BCUT2D eigenvalue weighted by Crippen LogP contribution is 2.42. The van der Waals surface area contributed by atoms with Gasteiger partial charge in [0.1, 0.15) is 12.5 Å². The van der Waals surface area contributed by atoms with E-state index in [0.717, 1.165) is 35.5 Å². The first-order chi connectivity index (χ1) is 19.1. The summed E-state index contributed by atoms with van der Waals surface area (Å²) in [6.45, 7) is 10.2. The number of halogens is 1. The van der Waals surface area contributed by atoms with Gasteiger partial charge in [-0.3, -0.25) is 0 Å². The number of hydrogen-bond acceptors (Lipinski definition) is 4. The molecule has 1 amide bonds. The van der Waals surface area contributed by atoms with Crippen molar-refractivity contribution >= 4 is 25.1 Å². The standard InChI is InChI=1S/C31H42FN3O4Si/c1-40(2,3)17-16-39-22-35-20-26-19-25(23-4-5-23)18-24(29(26)33-35)10-15-38-21-31(27-6-8-28(32)9-7-27)11-13-34(14-12-31)30(36)37/h6-9,18-20,23H,4-5,10-17,21-22H2,1-3H3,(H,36,37). The number of amides is 1. The fourth-order valence-corrected chi connectivity index (χ4v) is 6.38. The Hall–Kier alpha value is -2.75. The highest BCUT2D eigenvalue weighted by atomic mass is 28.3. The monoisotopic (exact) mass is 567 g/mol. The molecule has 2 fully saturated rings. The topological polar surface area (TPSA) is 76.8 Å². The number of carbonyl (C=O) groups is 1. The van der Waals surface area contributed by atoms with E-state index in [2.05, 4.69) is 38.0 Å². The highest BCUT2D eigenvalue weighted by Gasteiger charge is 2.38. The molecule has 3 aromatic rings. The lowest BCUT2D eigenvalue weighted by atomic mass is 9.73. The van der Waals surface area contributed by atoms with Gasteiger partial charge in [0.05, 0.1) is 18.7 Å². The van der Waals surface area contributed by atoms with E-state index in [-0.39, 0.29) is 11.2 Å². The molecule has 2 aromatic carbocycles. The van der Waals surface area contributed by atoms with Crippen LogP contribution in [0.15, 0.2) is 42.6 Å². The van der Waals surface area contributed by atoms with Gasteiger partial charge in [0, 0.05) is 44.8 Å². The maximum absolute atomic E-state index is 13.7. The molecule has 0 bridgehead atoms. The zero-order chi connectivity index (χ0) is 28.3. The van der Waals surface area contributed by atoms with Crippen molar-refractivity contribution < 1.29 is 23.8 Å². The van der Waals surface area contributed by atoms with E-state index in [9.17, 15) is 14.3 Å². The van der Waals surface area contributed by atoms with E-state index in [1.807, 2.05) is 16.8 Å². The van der Waals surface area contributed by atoms with Crippen molar-refractivity contribution in [2.75, 3.05) is 32.9 Å². The SMILES string of the molecule is C[Si](C)(C)CCOCn1cc2cc(C3CC3)cc(CCOCC3(c4ccc(F)cc4)CCN(C(=O)O)CC3)c2n1. The van der Waals surface area contributed by atoms with E-state index < -0.39 is 14.2 Å². The predicted octanol–water partition coefficient (Wildman–Crippen LogP) is 6.64. The summed E-state index contributed by atoms with van der Waals surface area (Å²) in [6.07, 6.45) is 5.72. The number of aromatic nitrogens is 2. The quantitative estimate of drug-likeness (QED) is 0.196. The first-order valence-corrected chi connectivity index (χ1v) is 18.2. The fourth-order valence-electron chi connectivity index (χ4n) is 5.62. The largest absolute Gasteiger partial charge is 0.465 e. The van der Waals surface area contributed by atoms with Gasteiger partial charge in [-0.2, -0.15) is 5.10 Å². The van der Waals surface area contributed by atoms with Crippen molar-refractivity contribution in [3.63, 3.8) is 0 Å². The van der Waals surface area contributed by atoms with E-state index >= 15 is 0 Å². The summed E-state index contributed by atoms with van der Waals surface area (Å²) in [7, 11) is -1.13. The third-order valence-electron chi connectivity index (χ3n) is 8.37. The molecule has 216 valence electrons. The summed E-state index contributed by atoms with van der Waals surface area (Å²) >= 11 is 0. The van der Waals surface area contributed by atoms with Crippen LogP contribution < -0.4 is 0 Å². The minimum Gasteiger partial charge on any atom is -0.465 e. The molecule has 1 aromatic heterocycles. The minimum atomic E-state index is -1.13. The van der Waals surface area contributed by atoms with E-state index in [1.54, 1.807) is 0 Å².